The smallest absolute Gasteiger partial charge is 0.346 e. The molecule has 0 saturated carbocycles. The number of aromatic nitrogens is 1. The van der Waals surface area contributed by atoms with Crippen LogP contribution in [0.15, 0.2) is 35.1 Å². The van der Waals surface area contributed by atoms with Gasteiger partial charge in [-0.2, -0.15) is 0 Å². The van der Waals surface area contributed by atoms with Crippen molar-refractivity contribution in [1.29, 1.82) is 0 Å². The van der Waals surface area contributed by atoms with Crippen molar-refractivity contribution in [3.05, 3.63) is 47.9 Å². The maximum absolute atomic E-state index is 12.8. The number of nitrogens with one attached hydrogen (secondary N) is 1. The van der Waals surface area contributed by atoms with Crippen LogP contribution in [0.4, 0.5) is 4.39 Å². The number of aliphatic carboxylic acids is 1. The van der Waals surface area contributed by atoms with Gasteiger partial charge in [0.1, 0.15) is 17.3 Å². The average molecular weight is 322 g/mol. The minimum atomic E-state index is -1.32. The minimum absolute atomic E-state index is 0.110. The molecule has 0 aliphatic heterocycles. The van der Waals surface area contributed by atoms with Crippen LogP contribution in [0.5, 0.6) is 5.75 Å². The van der Waals surface area contributed by atoms with Crippen molar-refractivity contribution in [2.24, 2.45) is 0 Å². The number of benzene rings is 1. The van der Waals surface area contributed by atoms with Crippen LogP contribution in [0.25, 0.3) is 0 Å². The molecule has 0 bridgehead atoms. The topological polar surface area (TPSA) is 102 Å². The molecule has 1 aromatic carbocycles. The van der Waals surface area contributed by atoms with Gasteiger partial charge in [-0.1, -0.05) is 6.92 Å². The lowest BCUT2D eigenvalue weighted by atomic mass is 10.2. The van der Waals surface area contributed by atoms with Crippen LogP contribution in [-0.4, -0.2) is 34.6 Å². The molecule has 0 radical (unpaired) electrons. The highest BCUT2D eigenvalue weighted by atomic mass is 19.1. The van der Waals surface area contributed by atoms with Gasteiger partial charge in [0.05, 0.1) is 6.54 Å². The van der Waals surface area contributed by atoms with Crippen LogP contribution in [0.2, 0.25) is 0 Å². The molecule has 0 saturated heterocycles. The van der Waals surface area contributed by atoms with E-state index >= 15 is 0 Å². The van der Waals surface area contributed by atoms with Crippen LogP contribution < -0.4 is 10.1 Å². The second-order valence-corrected chi connectivity index (χ2v) is 4.59. The number of amides is 1. The highest BCUT2D eigenvalue weighted by Gasteiger charge is 2.22. The average Bonchev–Trinajstić information content (AvgIpc) is 3.01. The molecule has 1 atom stereocenters. The molecule has 0 fully saturated rings. The van der Waals surface area contributed by atoms with E-state index in [-0.39, 0.29) is 18.0 Å². The SMILES string of the molecule is CCc1ocnc1C(=O)NCC(Oc1ccc(F)cc1)C(=O)O. The number of hydrogen-bond donors (Lipinski definition) is 2. The largest absolute Gasteiger partial charge is 0.478 e. The quantitative estimate of drug-likeness (QED) is 0.803. The Morgan fingerprint density at radius 2 is 2.09 bits per heavy atom. The summed E-state index contributed by atoms with van der Waals surface area (Å²) < 4.78 is 23.1. The summed E-state index contributed by atoms with van der Waals surface area (Å²) in [5, 5.41) is 11.6. The van der Waals surface area contributed by atoms with E-state index in [1.807, 2.05) is 0 Å². The zero-order valence-corrected chi connectivity index (χ0v) is 12.3. The van der Waals surface area contributed by atoms with Gasteiger partial charge in [0.15, 0.2) is 12.1 Å². The predicted octanol–water partition coefficient (Wildman–Crippen LogP) is 1.64. The maximum atomic E-state index is 12.8. The number of hydrogen-bond acceptors (Lipinski definition) is 5. The zero-order chi connectivity index (χ0) is 16.8. The van der Waals surface area contributed by atoms with Gasteiger partial charge in [0.25, 0.3) is 5.91 Å². The van der Waals surface area contributed by atoms with E-state index in [2.05, 4.69) is 10.3 Å². The summed E-state index contributed by atoms with van der Waals surface area (Å²) in [7, 11) is 0. The van der Waals surface area contributed by atoms with E-state index in [1.165, 1.54) is 12.1 Å². The first kappa shape index (κ1) is 16.5. The van der Waals surface area contributed by atoms with Crippen molar-refractivity contribution < 1.29 is 28.2 Å². The lowest BCUT2D eigenvalue weighted by molar-refractivity contribution is -0.144. The molecule has 1 unspecified atom stereocenters. The van der Waals surface area contributed by atoms with E-state index in [0.717, 1.165) is 18.5 Å². The standard InChI is InChI=1S/C15H15FN2O5/c1-2-11-13(18-8-22-11)14(19)17-7-12(15(20)21)23-10-5-3-9(16)4-6-10/h3-6,8,12H,2,7H2,1H3,(H,17,19)(H,20,21). The highest BCUT2D eigenvalue weighted by Crippen LogP contribution is 2.13. The predicted molar refractivity (Wildman–Crippen MR) is 76.7 cm³/mol. The van der Waals surface area contributed by atoms with Crippen LogP contribution in [0.1, 0.15) is 23.2 Å². The number of carbonyl (C=O) groups excluding carboxylic acids is 1. The number of carboxylic acid groups (broad SMARTS) is 1. The molecule has 0 spiro atoms. The third-order valence-corrected chi connectivity index (χ3v) is 2.99. The van der Waals surface area contributed by atoms with Crippen LogP contribution in [0.3, 0.4) is 0 Å². The molecule has 0 aliphatic carbocycles. The molecule has 7 nitrogen and oxygen atoms in total. The van der Waals surface area contributed by atoms with E-state index in [4.69, 9.17) is 14.3 Å². The summed E-state index contributed by atoms with van der Waals surface area (Å²) in [5.41, 5.74) is 0.110. The Labute approximate surface area is 131 Å². The van der Waals surface area contributed by atoms with Crippen molar-refractivity contribution in [3.63, 3.8) is 0 Å². The monoisotopic (exact) mass is 322 g/mol. The number of carbonyl (C=O) groups is 2. The summed E-state index contributed by atoms with van der Waals surface area (Å²) >= 11 is 0. The van der Waals surface area contributed by atoms with Crippen LogP contribution >= 0.6 is 0 Å². The Morgan fingerprint density at radius 3 is 2.70 bits per heavy atom. The minimum Gasteiger partial charge on any atom is -0.478 e. The lowest BCUT2D eigenvalue weighted by Crippen LogP contribution is -2.40. The first-order valence-electron chi connectivity index (χ1n) is 6.86. The second-order valence-electron chi connectivity index (χ2n) is 4.59. The molecule has 0 aliphatic rings. The molecule has 2 rings (SSSR count). The number of carboxylic acids is 1. The fourth-order valence-corrected chi connectivity index (χ4v) is 1.83. The third-order valence-electron chi connectivity index (χ3n) is 2.99. The van der Waals surface area contributed by atoms with Gasteiger partial charge in [-0.15, -0.1) is 0 Å². The maximum Gasteiger partial charge on any atom is 0.346 e. The summed E-state index contributed by atoms with van der Waals surface area (Å²) in [6.07, 6.45) is 0.315. The Balaban J connectivity index is 1.98. The molecular weight excluding hydrogens is 307 g/mol. The Morgan fingerprint density at radius 1 is 1.39 bits per heavy atom. The summed E-state index contributed by atoms with van der Waals surface area (Å²) in [5.74, 6) is -1.68. The number of oxazole rings is 1. The fraction of sp³-hybridized carbons (Fsp3) is 0.267. The molecule has 8 heteroatoms. The first-order chi connectivity index (χ1) is 11.0. The summed E-state index contributed by atoms with van der Waals surface area (Å²) in [4.78, 5) is 27.0. The molecule has 1 aromatic heterocycles. The molecule has 23 heavy (non-hydrogen) atoms. The summed E-state index contributed by atoms with van der Waals surface area (Å²) in [6.45, 7) is 1.52. The van der Waals surface area contributed by atoms with Gasteiger partial charge in [0, 0.05) is 6.42 Å². The van der Waals surface area contributed by atoms with Crippen LogP contribution in [0, 0.1) is 5.82 Å². The van der Waals surface area contributed by atoms with Gasteiger partial charge in [-0.3, -0.25) is 4.79 Å². The molecule has 2 aromatic rings. The van der Waals surface area contributed by atoms with E-state index < -0.39 is 23.8 Å². The zero-order valence-electron chi connectivity index (χ0n) is 12.3. The normalized spacial score (nSPS) is 11.7. The first-order valence-corrected chi connectivity index (χ1v) is 6.86. The van der Waals surface area contributed by atoms with Crippen LogP contribution in [-0.2, 0) is 11.2 Å². The van der Waals surface area contributed by atoms with Gasteiger partial charge >= 0.3 is 5.97 Å². The molecule has 2 N–H and O–H groups in total. The third kappa shape index (κ3) is 4.29. The van der Waals surface area contributed by atoms with Crippen molar-refractivity contribution in [1.82, 2.24) is 10.3 Å². The number of ether oxygens (including phenoxy) is 1. The van der Waals surface area contributed by atoms with Gasteiger partial charge in [-0.25, -0.2) is 14.2 Å². The Kier molecular flexibility index (Phi) is 5.29. The van der Waals surface area contributed by atoms with Crippen molar-refractivity contribution in [2.75, 3.05) is 6.54 Å². The summed E-state index contributed by atoms with van der Waals surface area (Å²) in [6, 6.07) is 4.91. The fourth-order valence-electron chi connectivity index (χ4n) is 1.83. The van der Waals surface area contributed by atoms with Crippen molar-refractivity contribution in [3.8, 4) is 5.75 Å². The van der Waals surface area contributed by atoms with Gasteiger partial charge in [-0.05, 0) is 24.3 Å². The molecule has 1 amide bonds. The molecule has 122 valence electrons. The number of rotatable bonds is 7. The van der Waals surface area contributed by atoms with E-state index in [0.29, 0.717) is 12.2 Å². The van der Waals surface area contributed by atoms with Gasteiger partial charge in [0.2, 0.25) is 6.10 Å². The number of halogens is 1. The van der Waals surface area contributed by atoms with E-state index in [1.54, 1.807) is 6.92 Å². The van der Waals surface area contributed by atoms with E-state index in [9.17, 15) is 14.0 Å². The molecule has 1 heterocycles. The van der Waals surface area contributed by atoms with Gasteiger partial charge < -0.3 is 19.6 Å². The number of nitrogens with zero attached hydrogens (tertiary/aromatic N) is 1. The van der Waals surface area contributed by atoms with Crippen molar-refractivity contribution >= 4 is 11.9 Å². The van der Waals surface area contributed by atoms with Crippen molar-refractivity contribution in [2.45, 2.75) is 19.4 Å². The Bertz CT molecular complexity index is 683. The highest BCUT2D eigenvalue weighted by molar-refractivity contribution is 5.93. The second kappa shape index (κ2) is 7.39. The molecular formula is C15H15FN2O5. The lowest BCUT2D eigenvalue weighted by Gasteiger charge is -2.15. The Hall–Kier alpha value is -2.90. The number of aryl methyl sites for hydroxylation is 1.